The zero-order valence-electron chi connectivity index (χ0n) is 30.2. The zero-order valence-corrected chi connectivity index (χ0v) is 31.8. The van der Waals surface area contributed by atoms with Gasteiger partial charge in [0.05, 0.1) is 6.54 Å². The number of aryl methyl sites for hydroxylation is 2. The lowest BCUT2D eigenvalue weighted by molar-refractivity contribution is -0.120. The number of hydrogen-bond acceptors (Lipinski definition) is 9. The number of amides is 4. The fourth-order valence-electron chi connectivity index (χ4n) is 6.32. The third-order valence-corrected chi connectivity index (χ3v) is 11.1. The fourth-order valence-corrected chi connectivity index (χ4v) is 8.13. The van der Waals surface area contributed by atoms with Gasteiger partial charge in [0.15, 0.2) is 6.29 Å². The molecule has 1 aliphatic carbocycles. The van der Waals surface area contributed by atoms with E-state index in [2.05, 4.69) is 28.1 Å². The van der Waals surface area contributed by atoms with E-state index in [9.17, 15) is 24.0 Å². The van der Waals surface area contributed by atoms with Crippen LogP contribution >= 0.6 is 22.7 Å². The molecule has 0 radical (unpaired) electrons. The maximum absolute atomic E-state index is 12.4. The van der Waals surface area contributed by atoms with Gasteiger partial charge in [0.2, 0.25) is 11.8 Å². The SMILES string of the molecule is Cc1cc(C=O)c(NC(=O)[C@H](C)NC(=O)OCC2c3ccccc3-c3ccccc32)s1.Cc1cc2c(s1)NC(=O)[C@H](C)N(C(=O)OCc1ccccc1)C2. The zero-order chi connectivity index (χ0) is 38.4. The second-order valence-electron chi connectivity index (χ2n) is 13.0. The molecule has 0 saturated heterocycles. The molecule has 2 aromatic heterocycles. The second kappa shape index (κ2) is 16.9. The standard InChI is InChI=1S/C24H22N2O4S.C17H18N2O3S/c1-14-11-16(12-27)23(31-14)26-22(28)15(2)25-24(29)30-13-21-19-9-5-3-7-17(19)18-8-4-6-10-20(18)21;1-11-8-14-9-19(12(2)15(20)18-16(14)23-11)17(21)22-10-13-6-4-3-5-7-13/h3-12,15,21H,13H2,1-2H3,(H,25,29)(H,26,28);3-8,12H,9-10H2,1-2H3,(H,18,20)/t15-;12-/m00/s1. The monoisotopic (exact) mass is 764 g/mol. The molecule has 4 amide bonds. The highest BCUT2D eigenvalue weighted by Crippen LogP contribution is 2.44. The molecule has 11 nitrogen and oxygen atoms in total. The summed E-state index contributed by atoms with van der Waals surface area (Å²) in [4.78, 5) is 64.0. The quantitative estimate of drug-likeness (QED) is 0.135. The van der Waals surface area contributed by atoms with Crippen molar-refractivity contribution in [2.45, 2.75) is 58.8 Å². The molecule has 1 aliphatic heterocycles. The number of fused-ring (bicyclic) bond motifs is 4. The second-order valence-corrected chi connectivity index (χ2v) is 15.5. The highest BCUT2D eigenvalue weighted by Gasteiger charge is 2.33. The Hall–Kier alpha value is -5.79. The van der Waals surface area contributed by atoms with Crippen molar-refractivity contribution < 1.29 is 33.4 Å². The average Bonchev–Trinajstić information content (AvgIpc) is 3.80. The third kappa shape index (κ3) is 8.70. The fraction of sp³-hybridized carbons (Fsp3) is 0.244. The Morgan fingerprint density at radius 1 is 0.907 bits per heavy atom. The van der Waals surface area contributed by atoms with Gasteiger partial charge >= 0.3 is 12.2 Å². The minimum atomic E-state index is -0.822. The summed E-state index contributed by atoms with van der Waals surface area (Å²) in [6.07, 6.45) is -0.446. The van der Waals surface area contributed by atoms with E-state index in [1.54, 1.807) is 19.9 Å². The number of hydrogen-bond donors (Lipinski definition) is 3. The van der Waals surface area contributed by atoms with E-state index in [0.29, 0.717) is 23.4 Å². The van der Waals surface area contributed by atoms with Crippen molar-refractivity contribution in [3.8, 4) is 11.1 Å². The van der Waals surface area contributed by atoms with Gasteiger partial charge in [-0.1, -0.05) is 78.9 Å². The number of aldehydes is 1. The molecule has 2 atom stereocenters. The maximum Gasteiger partial charge on any atom is 0.411 e. The summed E-state index contributed by atoms with van der Waals surface area (Å²) < 4.78 is 10.9. The van der Waals surface area contributed by atoms with Crippen molar-refractivity contribution in [1.82, 2.24) is 10.2 Å². The van der Waals surface area contributed by atoms with Crippen LogP contribution in [0, 0.1) is 13.8 Å². The number of thiophene rings is 2. The average molecular weight is 765 g/mol. The Morgan fingerprint density at radius 3 is 2.20 bits per heavy atom. The Bertz CT molecular complexity index is 2140. The first kappa shape index (κ1) is 38.0. The van der Waals surface area contributed by atoms with Crippen molar-refractivity contribution in [1.29, 1.82) is 0 Å². The molecule has 3 heterocycles. The number of nitrogens with zero attached hydrogens (tertiary/aromatic N) is 1. The lowest BCUT2D eigenvalue weighted by atomic mass is 9.98. The molecular weight excluding hydrogens is 725 g/mol. The van der Waals surface area contributed by atoms with E-state index in [0.717, 1.165) is 48.1 Å². The first-order chi connectivity index (χ1) is 26.0. The van der Waals surface area contributed by atoms with E-state index in [1.165, 1.54) is 27.6 Å². The van der Waals surface area contributed by atoms with Gasteiger partial charge in [-0.25, -0.2) is 9.59 Å². The number of nitrogens with one attached hydrogen (secondary N) is 3. The highest BCUT2D eigenvalue weighted by atomic mass is 32.1. The summed E-state index contributed by atoms with van der Waals surface area (Å²) in [6.45, 7) is 7.85. The number of carbonyl (C=O) groups excluding carboxylic acids is 5. The lowest BCUT2D eigenvalue weighted by Gasteiger charge is -2.24. The van der Waals surface area contributed by atoms with Crippen LogP contribution in [0.4, 0.5) is 19.6 Å². The van der Waals surface area contributed by atoms with Gasteiger partial charge in [-0.15, -0.1) is 22.7 Å². The maximum atomic E-state index is 12.4. The molecule has 278 valence electrons. The molecule has 0 fully saturated rings. The van der Waals surface area contributed by atoms with Crippen molar-refractivity contribution in [3.05, 3.63) is 129 Å². The van der Waals surface area contributed by atoms with Crippen molar-refractivity contribution in [2.24, 2.45) is 0 Å². The number of anilines is 2. The molecule has 13 heteroatoms. The summed E-state index contributed by atoms with van der Waals surface area (Å²) in [7, 11) is 0. The molecule has 54 heavy (non-hydrogen) atoms. The van der Waals surface area contributed by atoms with Gasteiger partial charge in [-0.3, -0.25) is 19.3 Å². The smallest absolute Gasteiger partial charge is 0.411 e. The van der Waals surface area contributed by atoms with Gasteiger partial charge in [0.1, 0.15) is 35.3 Å². The first-order valence-electron chi connectivity index (χ1n) is 17.4. The van der Waals surface area contributed by atoms with Gasteiger partial charge in [0, 0.05) is 26.8 Å². The van der Waals surface area contributed by atoms with Gasteiger partial charge in [-0.2, -0.15) is 0 Å². The van der Waals surface area contributed by atoms with Crippen molar-refractivity contribution >= 4 is 63.0 Å². The minimum Gasteiger partial charge on any atom is -0.449 e. The molecule has 3 N–H and O–H groups in total. The van der Waals surface area contributed by atoms with Crippen LogP contribution in [0.15, 0.2) is 91.0 Å². The largest absolute Gasteiger partial charge is 0.449 e. The number of ether oxygens (including phenoxy) is 2. The van der Waals surface area contributed by atoms with Crippen LogP contribution in [-0.2, 0) is 32.2 Å². The summed E-state index contributed by atoms with van der Waals surface area (Å²) in [5, 5.41) is 9.42. The van der Waals surface area contributed by atoms with Gasteiger partial charge in [-0.05, 0) is 67.6 Å². The predicted molar refractivity (Wildman–Crippen MR) is 210 cm³/mol. The summed E-state index contributed by atoms with van der Waals surface area (Å²) in [6, 6.07) is 28.0. The van der Waals surface area contributed by atoms with Crippen LogP contribution in [0.5, 0.6) is 0 Å². The predicted octanol–water partition coefficient (Wildman–Crippen LogP) is 8.27. The van der Waals surface area contributed by atoms with E-state index in [-0.39, 0.29) is 25.0 Å². The Balaban J connectivity index is 0.000000193. The molecule has 3 aromatic carbocycles. The van der Waals surface area contributed by atoms with Crippen LogP contribution in [0.2, 0.25) is 0 Å². The summed E-state index contributed by atoms with van der Waals surface area (Å²) in [5.41, 5.74) is 6.83. The Kier molecular flexibility index (Phi) is 11.9. The van der Waals surface area contributed by atoms with Crippen molar-refractivity contribution in [2.75, 3.05) is 17.2 Å². The van der Waals surface area contributed by atoms with Gasteiger partial charge in [0.25, 0.3) is 0 Å². The third-order valence-electron chi connectivity index (χ3n) is 9.12. The topological polar surface area (TPSA) is 143 Å². The Labute approximate surface area is 321 Å². The molecule has 5 aromatic rings. The van der Waals surface area contributed by atoms with Crippen LogP contribution in [0.1, 0.15) is 62.1 Å². The van der Waals surface area contributed by atoms with E-state index in [1.807, 2.05) is 86.6 Å². The summed E-state index contributed by atoms with van der Waals surface area (Å²) in [5.74, 6) is -0.660. The minimum absolute atomic E-state index is 0.0495. The molecule has 0 spiro atoms. The van der Waals surface area contributed by atoms with Crippen LogP contribution < -0.4 is 16.0 Å². The normalized spacial score (nSPS) is 14.9. The highest BCUT2D eigenvalue weighted by molar-refractivity contribution is 7.16. The molecule has 0 unspecified atom stereocenters. The van der Waals surface area contributed by atoms with E-state index < -0.39 is 30.2 Å². The van der Waals surface area contributed by atoms with Crippen LogP contribution in [0.3, 0.4) is 0 Å². The molecule has 0 bridgehead atoms. The number of alkyl carbamates (subject to hydrolysis) is 1. The van der Waals surface area contributed by atoms with Gasteiger partial charge < -0.3 is 25.4 Å². The molecular formula is C41H40N4O7S2. The van der Waals surface area contributed by atoms with Crippen LogP contribution in [-0.4, -0.2) is 53.9 Å². The van der Waals surface area contributed by atoms with E-state index in [4.69, 9.17) is 9.47 Å². The Morgan fingerprint density at radius 2 is 1.54 bits per heavy atom. The number of carbonyl (C=O) groups is 5. The van der Waals surface area contributed by atoms with E-state index >= 15 is 0 Å². The lowest BCUT2D eigenvalue weighted by Crippen LogP contribution is -2.43. The summed E-state index contributed by atoms with van der Waals surface area (Å²) >= 11 is 2.83. The number of benzene rings is 3. The first-order valence-corrected chi connectivity index (χ1v) is 19.0. The number of rotatable bonds is 8. The van der Waals surface area contributed by atoms with Crippen LogP contribution in [0.25, 0.3) is 11.1 Å². The molecule has 2 aliphatic rings. The molecule has 0 saturated carbocycles. The molecule has 7 rings (SSSR count). The van der Waals surface area contributed by atoms with Crippen molar-refractivity contribution in [3.63, 3.8) is 0 Å².